The number of nitrogens with one attached hydrogen (secondary N) is 1. The van der Waals surface area contributed by atoms with Gasteiger partial charge in [-0.2, -0.15) is 0 Å². The summed E-state index contributed by atoms with van der Waals surface area (Å²) in [5.74, 6) is 0. The molecule has 106 valence electrons. The second-order valence-electron chi connectivity index (χ2n) is 5.74. The van der Waals surface area contributed by atoms with E-state index in [1.54, 1.807) is 0 Å². The van der Waals surface area contributed by atoms with Gasteiger partial charge in [0.15, 0.2) is 0 Å². The molecule has 19 heavy (non-hydrogen) atoms. The molecule has 1 aromatic carbocycles. The van der Waals surface area contributed by atoms with Crippen LogP contribution in [-0.2, 0) is 0 Å². The van der Waals surface area contributed by atoms with E-state index in [4.69, 9.17) is 0 Å². The summed E-state index contributed by atoms with van der Waals surface area (Å²) >= 11 is 0. The summed E-state index contributed by atoms with van der Waals surface area (Å²) in [7, 11) is 4.27. The Morgan fingerprint density at radius 2 is 1.89 bits per heavy atom. The Morgan fingerprint density at radius 1 is 1.21 bits per heavy atom. The summed E-state index contributed by atoms with van der Waals surface area (Å²) in [6.07, 6.45) is 1.20. The van der Waals surface area contributed by atoms with E-state index in [1.165, 1.54) is 23.2 Å². The van der Waals surface area contributed by atoms with Crippen molar-refractivity contribution >= 4 is 5.69 Å². The summed E-state index contributed by atoms with van der Waals surface area (Å²) in [5, 5.41) is 3.29. The van der Waals surface area contributed by atoms with E-state index in [0.717, 1.165) is 26.2 Å². The van der Waals surface area contributed by atoms with Crippen LogP contribution >= 0.6 is 0 Å². The highest BCUT2D eigenvalue weighted by atomic mass is 15.3. The fraction of sp³-hybridized carbons (Fsp3) is 0.625. The highest BCUT2D eigenvalue weighted by molar-refractivity contribution is 5.60. The van der Waals surface area contributed by atoms with Crippen molar-refractivity contribution in [3.8, 4) is 0 Å². The average Bonchev–Trinajstić information content (AvgIpc) is 2.38. The lowest BCUT2D eigenvalue weighted by molar-refractivity contribution is 0.260. The first-order valence-corrected chi connectivity index (χ1v) is 7.29. The molecule has 0 amide bonds. The van der Waals surface area contributed by atoms with Crippen molar-refractivity contribution in [2.24, 2.45) is 0 Å². The zero-order valence-electron chi connectivity index (χ0n) is 12.7. The molecule has 1 aliphatic rings. The first-order valence-electron chi connectivity index (χ1n) is 7.29. The van der Waals surface area contributed by atoms with Gasteiger partial charge in [-0.05, 0) is 52.0 Å². The zero-order chi connectivity index (χ0) is 13.8. The molecule has 0 bridgehead atoms. The molecule has 2 rings (SSSR count). The number of likely N-dealkylation sites (N-methyl/N-ethyl adjacent to an activating group) is 1. The van der Waals surface area contributed by atoms with Crippen molar-refractivity contribution in [1.29, 1.82) is 0 Å². The Morgan fingerprint density at radius 3 is 2.53 bits per heavy atom. The molecule has 1 atom stereocenters. The lowest BCUT2D eigenvalue weighted by atomic mass is 10.0. The van der Waals surface area contributed by atoms with Gasteiger partial charge in [0.25, 0.3) is 0 Å². The minimum atomic E-state index is 0.617. The summed E-state index contributed by atoms with van der Waals surface area (Å²) in [6, 6.07) is 7.24. The van der Waals surface area contributed by atoms with Crippen molar-refractivity contribution in [3.63, 3.8) is 0 Å². The van der Waals surface area contributed by atoms with Crippen LogP contribution in [-0.4, -0.2) is 51.2 Å². The fourth-order valence-electron chi connectivity index (χ4n) is 3.12. The maximum absolute atomic E-state index is 3.29. The monoisotopic (exact) mass is 261 g/mol. The number of rotatable bonds is 4. The van der Waals surface area contributed by atoms with E-state index in [9.17, 15) is 0 Å². The Kier molecular flexibility index (Phi) is 4.83. The quantitative estimate of drug-likeness (QED) is 0.895. The molecule has 3 nitrogen and oxygen atoms in total. The average molecular weight is 261 g/mol. The number of piperazine rings is 1. The van der Waals surface area contributed by atoms with Gasteiger partial charge in [0.2, 0.25) is 0 Å². The lowest BCUT2D eigenvalue weighted by Crippen LogP contribution is -2.53. The SMILES string of the molecule is CNCCC1CN(C)CCN1c1c(C)cccc1C. The molecule has 1 aliphatic heterocycles. The van der Waals surface area contributed by atoms with Crippen molar-refractivity contribution in [2.45, 2.75) is 26.3 Å². The molecular weight excluding hydrogens is 234 g/mol. The van der Waals surface area contributed by atoms with Crippen LogP contribution < -0.4 is 10.2 Å². The molecular formula is C16H27N3. The Bertz CT molecular complexity index is 396. The highest BCUT2D eigenvalue weighted by Crippen LogP contribution is 2.28. The summed E-state index contributed by atoms with van der Waals surface area (Å²) < 4.78 is 0. The fourth-order valence-corrected chi connectivity index (χ4v) is 3.12. The van der Waals surface area contributed by atoms with E-state index in [2.05, 4.69) is 54.2 Å². The van der Waals surface area contributed by atoms with Crippen LogP contribution in [0.1, 0.15) is 17.5 Å². The number of anilines is 1. The molecule has 1 fully saturated rings. The maximum Gasteiger partial charge on any atom is 0.0429 e. The maximum atomic E-state index is 3.29. The molecule has 0 aromatic heterocycles. The summed E-state index contributed by atoms with van der Waals surface area (Å²) in [6.45, 7) is 9.00. The number of aryl methyl sites for hydroxylation is 2. The van der Waals surface area contributed by atoms with E-state index < -0.39 is 0 Å². The number of hydrogen-bond acceptors (Lipinski definition) is 3. The molecule has 1 heterocycles. The van der Waals surface area contributed by atoms with Crippen LogP contribution in [0.3, 0.4) is 0 Å². The molecule has 0 aliphatic carbocycles. The predicted molar refractivity (Wildman–Crippen MR) is 83.1 cm³/mol. The van der Waals surface area contributed by atoms with Crippen molar-refractivity contribution < 1.29 is 0 Å². The van der Waals surface area contributed by atoms with Gasteiger partial charge in [-0.1, -0.05) is 18.2 Å². The molecule has 0 spiro atoms. The Hall–Kier alpha value is -1.06. The van der Waals surface area contributed by atoms with Crippen molar-refractivity contribution in [2.75, 3.05) is 45.2 Å². The largest absolute Gasteiger partial charge is 0.365 e. The predicted octanol–water partition coefficient (Wildman–Crippen LogP) is 2.03. The van der Waals surface area contributed by atoms with Gasteiger partial charge in [0.05, 0.1) is 0 Å². The molecule has 0 radical (unpaired) electrons. The summed E-state index contributed by atoms with van der Waals surface area (Å²) in [4.78, 5) is 5.08. The number of benzene rings is 1. The van der Waals surface area contributed by atoms with Gasteiger partial charge in [0, 0.05) is 31.4 Å². The van der Waals surface area contributed by atoms with E-state index >= 15 is 0 Å². The third-order valence-electron chi connectivity index (χ3n) is 4.14. The van der Waals surface area contributed by atoms with Crippen molar-refractivity contribution in [3.05, 3.63) is 29.3 Å². The second kappa shape index (κ2) is 6.40. The first kappa shape index (κ1) is 14.4. The minimum absolute atomic E-state index is 0.617. The van der Waals surface area contributed by atoms with Gasteiger partial charge < -0.3 is 15.1 Å². The van der Waals surface area contributed by atoms with Crippen molar-refractivity contribution in [1.82, 2.24) is 10.2 Å². The van der Waals surface area contributed by atoms with Gasteiger partial charge in [-0.3, -0.25) is 0 Å². The number of nitrogens with zero attached hydrogens (tertiary/aromatic N) is 2. The number of hydrogen-bond donors (Lipinski definition) is 1. The molecule has 1 saturated heterocycles. The lowest BCUT2D eigenvalue weighted by Gasteiger charge is -2.43. The minimum Gasteiger partial charge on any atom is -0.365 e. The third kappa shape index (κ3) is 3.28. The zero-order valence-corrected chi connectivity index (χ0v) is 12.7. The van der Waals surface area contributed by atoms with Crippen LogP contribution in [0.15, 0.2) is 18.2 Å². The van der Waals surface area contributed by atoms with E-state index in [-0.39, 0.29) is 0 Å². The van der Waals surface area contributed by atoms with Gasteiger partial charge in [-0.15, -0.1) is 0 Å². The number of para-hydroxylation sites is 1. The molecule has 0 saturated carbocycles. The van der Waals surface area contributed by atoms with Crippen LogP contribution in [0.2, 0.25) is 0 Å². The topological polar surface area (TPSA) is 18.5 Å². The van der Waals surface area contributed by atoms with E-state index in [1.807, 2.05) is 7.05 Å². The second-order valence-corrected chi connectivity index (χ2v) is 5.74. The smallest absolute Gasteiger partial charge is 0.0429 e. The van der Waals surface area contributed by atoms with Crippen LogP contribution in [0.5, 0.6) is 0 Å². The molecule has 1 aromatic rings. The van der Waals surface area contributed by atoms with Gasteiger partial charge in [-0.25, -0.2) is 0 Å². The first-order chi connectivity index (χ1) is 9.13. The molecule has 3 heteroatoms. The van der Waals surface area contributed by atoms with Gasteiger partial charge in [0.1, 0.15) is 0 Å². The third-order valence-corrected chi connectivity index (χ3v) is 4.14. The molecule has 1 unspecified atom stereocenters. The van der Waals surface area contributed by atoms with Crippen LogP contribution in [0, 0.1) is 13.8 Å². The van der Waals surface area contributed by atoms with Gasteiger partial charge >= 0.3 is 0 Å². The van der Waals surface area contributed by atoms with E-state index in [0.29, 0.717) is 6.04 Å². The van der Waals surface area contributed by atoms with Crippen LogP contribution in [0.4, 0.5) is 5.69 Å². The standard InChI is InChI=1S/C16H27N3/c1-13-6-5-7-14(2)16(13)19-11-10-18(4)12-15(19)8-9-17-3/h5-7,15,17H,8-12H2,1-4H3. The van der Waals surface area contributed by atoms with Crippen LogP contribution in [0.25, 0.3) is 0 Å². The molecule has 1 N–H and O–H groups in total. The Labute approximate surface area is 117 Å². The normalized spacial score (nSPS) is 20.8. The summed E-state index contributed by atoms with van der Waals surface area (Å²) in [5.41, 5.74) is 4.26. The highest BCUT2D eigenvalue weighted by Gasteiger charge is 2.26. The Balaban J connectivity index is 2.24.